The van der Waals surface area contributed by atoms with Gasteiger partial charge in [-0.05, 0) is 23.3 Å². The summed E-state index contributed by atoms with van der Waals surface area (Å²) in [6.07, 6.45) is 0. The molecule has 0 unspecified atom stereocenters. The van der Waals surface area contributed by atoms with Crippen molar-refractivity contribution in [1.82, 2.24) is 4.98 Å². The lowest BCUT2D eigenvalue weighted by molar-refractivity contribution is 1.07. The molecule has 82 valence electrons. The Morgan fingerprint density at radius 1 is 1.00 bits per heavy atom. The first kappa shape index (κ1) is 11.0. The van der Waals surface area contributed by atoms with E-state index in [1.807, 2.05) is 49.3 Å². The predicted octanol–water partition coefficient (Wildman–Crippen LogP) is 3.47. The highest BCUT2D eigenvalue weighted by atomic mass is 35.5. The van der Waals surface area contributed by atoms with Crippen molar-refractivity contribution in [3.63, 3.8) is 0 Å². The number of aromatic nitrogens is 1. The number of rotatable bonds is 2. The molecule has 0 saturated carbocycles. The Morgan fingerprint density at radius 2 is 1.69 bits per heavy atom. The first-order valence-corrected chi connectivity index (χ1v) is 5.45. The molecule has 0 saturated heterocycles. The van der Waals surface area contributed by atoms with E-state index < -0.39 is 0 Å². The zero-order valence-corrected chi connectivity index (χ0v) is 10.1. The first-order chi connectivity index (χ1) is 7.66. The summed E-state index contributed by atoms with van der Waals surface area (Å²) < 4.78 is 0. The van der Waals surface area contributed by atoms with Gasteiger partial charge in [-0.2, -0.15) is 0 Å². The van der Waals surface area contributed by atoms with Crippen molar-refractivity contribution < 1.29 is 0 Å². The summed E-state index contributed by atoms with van der Waals surface area (Å²) in [7, 11) is 3.90. The molecule has 2 aromatic rings. The van der Waals surface area contributed by atoms with Gasteiger partial charge in [-0.25, -0.2) is 4.98 Å². The van der Waals surface area contributed by atoms with Crippen molar-refractivity contribution in [2.75, 3.05) is 19.0 Å². The van der Waals surface area contributed by atoms with Gasteiger partial charge in [0, 0.05) is 14.1 Å². The van der Waals surface area contributed by atoms with Crippen LogP contribution in [0.3, 0.4) is 0 Å². The average Bonchev–Trinajstić information content (AvgIpc) is 2.29. The minimum absolute atomic E-state index is 0.519. The van der Waals surface area contributed by atoms with Crippen LogP contribution in [0.2, 0.25) is 5.15 Å². The van der Waals surface area contributed by atoms with E-state index in [-0.39, 0.29) is 0 Å². The molecule has 0 fully saturated rings. The van der Waals surface area contributed by atoms with Crippen LogP contribution in [0.5, 0.6) is 0 Å². The molecule has 16 heavy (non-hydrogen) atoms. The molecule has 0 radical (unpaired) electrons. The van der Waals surface area contributed by atoms with Crippen molar-refractivity contribution in [1.29, 1.82) is 0 Å². The number of nitrogens with zero attached hydrogens (tertiary/aromatic N) is 2. The molecule has 2 nitrogen and oxygen atoms in total. The fourth-order valence-corrected chi connectivity index (χ4v) is 1.71. The standard InChI is InChI=1S/C13H13ClN2/c1-16(2)13-9-11(8-12(14)15-13)10-6-4-3-5-7-10/h3-9H,1-2H3. The number of halogens is 1. The van der Waals surface area contributed by atoms with Crippen molar-refractivity contribution in [3.05, 3.63) is 47.6 Å². The lowest BCUT2D eigenvalue weighted by atomic mass is 10.1. The molecule has 0 amide bonds. The van der Waals surface area contributed by atoms with Crippen LogP contribution in [-0.4, -0.2) is 19.1 Å². The summed E-state index contributed by atoms with van der Waals surface area (Å²) >= 11 is 6.01. The molecule has 0 aliphatic rings. The van der Waals surface area contributed by atoms with E-state index in [4.69, 9.17) is 11.6 Å². The Morgan fingerprint density at radius 3 is 2.31 bits per heavy atom. The van der Waals surface area contributed by atoms with Crippen LogP contribution < -0.4 is 4.90 Å². The van der Waals surface area contributed by atoms with Crippen LogP contribution >= 0.6 is 11.6 Å². The highest BCUT2D eigenvalue weighted by Gasteiger charge is 2.04. The summed E-state index contributed by atoms with van der Waals surface area (Å²) in [5.74, 6) is 0.867. The second-order valence-corrected chi connectivity index (χ2v) is 4.18. The Bertz CT molecular complexity index is 481. The van der Waals surface area contributed by atoms with Gasteiger partial charge >= 0.3 is 0 Å². The topological polar surface area (TPSA) is 16.1 Å². The Balaban J connectivity index is 2.50. The van der Waals surface area contributed by atoms with Crippen LogP contribution in [0.4, 0.5) is 5.82 Å². The molecule has 1 aromatic carbocycles. The second-order valence-electron chi connectivity index (χ2n) is 3.80. The zero-order chi connectivity index (χ0) is 11.5. The van der Waals surface area contributed by atoms with E-state index >= 15 is 0 Å². The van der Waals surface area contributed by atoms with Gasteiger partial charge in [-0.15, -0.1) is 0 Å². The molecule has 0 atom stereocenters. The summed E-state index contributed by atoms with van der Waals surface area (Å²) in [5.41, 5.74) is 2.24. The van der Waals surface area contributed by atoms with Gasteiger partial charge < -0.3 is 4.90 Å². The number of hydrogen-bond acceptors (Lipinski definition) is 2. The van der Waals surface area contributed by atoms with E-state index in [0.29, 0.717) is 5.15 Å². The number of anilines is 1. The molecule has 0 spiro atoms. The Labute approximate surface area is 101 Å². The normalized spacial score (nSPS) is 10.2. The maximum absolute atomic E-state index is 6.01. The largest absolute Gasteiger partial charge is 0.363 e. The third-order valence-electron chi connectivity index (χ3n) is 2.35. The van der Waals surface area contributed by atoms with E-state index in [1.54, 1.807) is 0 Å². The maximum Gasteiger partial charge on any atom is 0.132 e. The van der Waals surface area contributed by atoms with E-state index in [9.17, 15) is 0 Å². The molecule has 0 N–H and O–H groups in total. The Kier molecular flexibility index (Phi) is 3.11. The molecule has 0 bridgehead atoms. The van der Waals surface area contributed by atoms with Crippen LogP contribution in [0.15, 0.2) is 42.5 Å². The van der Waals surface area contributed by atoms with Crippen LogP contribution in [-0.2, 0) is 0 Å². The smallest absolute Gasteiger partial charge is 0.132 e. The monoisotopic (exact) mass is 232 g/mol. The van der Waals surface area contributed by atoms with Gasteiger partial charge in [0.05, 0.1) is 0 Å². The minimum Gasteiger partial charge on any atom is -0.363 e. The molecule has 1 aromatic heterocycles. The summed E-state index contributed by atoms with van der Waals surface area (Å²) in [6.45, 7) is 0. The quantitative estimate of drug-likeness (QED) is 0.738. The fraction of sp³-hybridized carbons (Fsp3) is 0.154. The highest BCUT2D eigenvalue weighted by molar-refractivity contribution is 6.29. The van der Waals surface area contributed by atoms with E-state index in [0.717, 1.165) is 16.9 Å². The summed E-state index contributed by atoms with van der Waals surface area (Å²) in [5, 5.41) is 0.519. The third kappa shape index (κ3) is 2.34. The van der Waals surface area contributed by atoms with Crippen LogP contribution in [0, 0.1) is 0 Å². The van der Waals surface area contributed by atoms with Crippen molar-refractivity contribution in [3.8, 4) is 11.1 Å². The fourth-order valence-electron chi connectivity index (χ4n) is 1.51. The maximum atomic E-state index is 6.01. The molecular formula is C13H13ClN2. The third-order valence-corrected chi connectivity index (χ3v) is 2.54. The Hall–Kier alpha value is -1.54. The van der Waals surface area contributed by atoms with Crippen molar-refractivity contribution in [2.24, 2.45) is 0 Å². The molecule has 3 heteroatoms. The van der Waals surface area contributed by atoms with Gasteiger partial charge in [0.2, 0.25) is 0 Å². The van der Waals surface area contributed by atoms with Gasteiger partial charge in [0.1, 0.15) is 11.0 Å². The number of pyridine rings is 1. The average molecular weight is 233 g/mol. The van der Waals surface area contributed by atoms with Gasteiger partial charge in [0.15, 0.2) is 0 Å². The lowest BCUT2D eigenvalue weighted by Crippen LogP contribution is -2.10. The molecule has 2 rings (SSSR count). The number of benzene rings is 1. The summed E-state index contributed by atoms with van der Waals surface area (Å²) in [6, 6.07) is 14.1. The first-order valence-electron chi connectivity index (χ1n) is 5.07. The van der Waals surface area contributed by atoms with Gasteiger partial charge in [-0.3, -0.25) is 0 Å². The summed E-state index contributed by atoms with van der Waals surface area (Å²) in [4.78, 5) is 6.19. The van der Waals surface area contributed by atoms with E-state index in [1.165, 1.54) is 0 Å². The highest BCUT2D eigenvalue weighted by Crippen LogP contribution is 2.25. The van der Waals surface area contributed by atoms with Crippen molar-refractivity contribution >= 4 is 17.4 Å². The zero-order valence-electron chi connectivity index (χ0n) is 9.31. The molecule has 1 heterocycles. The predicted molar refractivity (Wildman–Crippen MR) is 69.0 cm³/mol. The van der Waals surface area contributed by atoms with E-state index in [2.05, 4.69) is 17.1 Å². The van der Waals surface area contributed by atoms with Crippen molar-refractivity contribution in [2.45, 2.75) is 0 Å². The van der Waals surface area contributed by atoms with Crippen LogP contribution in [0.1, 0.15) is 0 Å². The second kappa shape index (κ2) is 4.54. The van der Waals surface area contributed by atoms with Gasteiger partial charge in [0.25, 0.3) is 0 Å². The molecule has 0 aliphatic carbocycles. The SMILES string of the molecule is CN(C)c1cc(-c2ccccc2)cc(Cl)n1. The minimum atomic E-state index is 0.519. The van der Waals surface area contributed by atoms with Gasteiger partial charge in [-0.1, -0.05) is 41.9 Å². The van der Waals surface area contributed by atoms with Crippen LogP contribution in [0.25, 0.3) is 11.1 Å². The lowest BCUT2D eigenvalue weighted by Gasteiger charge is -2.13. The molecular weight excluding hydrogens is 220 g/mol. The molecule has 0 aliphatic heterocycles. The number of hydrogen-bond donors (Lipinski definition) is 0.